The van der Waals surface area contributed by atoms with Crippen LogP contribution in [0.1, 0.15) is 12.5 Å². The average molecular weight is 309 g/mol. The van der Waals surface area contributed by atoms with Crippen molar-refractivity contribution in [1.29, 1.82) is 0 Å². The first-order valence-electron chi connectivity index (χ1n) is 7.65. The number of nitrogens with one attached hydrogen (secondary N) is 1. The van der Waals surface area contributed by atoms with Crippen LogP contribution in [-0.4, -0.2) is 62.9 Å². The molecular formula is C15H23N3O2S. The first-order chi connectivity index (χ1) is 10.1. The number of aryl methyl sites for hydroxylation is 1. The Morgan fingerprint density at radius 2 is 1.71 bits per heavy atom. The third kappa shape index (κ3) is 2.99. The lowest BCUT2D eigenvalue weighted by Crippen LogP contribution is -2.62. The quantitative estimate of drug-likeness (QED) is 0.881. The summed E-state index contributed by atoms with van der Waals surface area (Å²) in [5.74, 6) is 0. The number of benzene rings is 1. The van der Waals surface area contributed by atoms with Gasteiger partial charge >= 0.3 is 0 Å². The van der Waals surface area contributed by atoms with Crippen molar-refractivity contribution < 1.29 is 8.42 Å². The molecule has 0 unspecified atom stereocenters. The molecular weight excluding hydrogens is 286 g/mol. The van der Waals surface area contributed by atoms with E-state index in [0.717, 1.165) is 38.2 Å². The van der Waals surface area contributed by atoms with Crippen molar-refractivity contribution in [2.75, 3.05) is 39.3 Å². The van der Waals surface area contributed by atoms with Gasteiger partial charge in [0.15, 0.2) is 0 Å². The van der Waals surface area contributed by atoms with E-state index < -0.39 is 10.0 Å². The fraction of sp³-hybridized carbons (Fsp3) is 0.600. The summed E-state index contributed by atoms with van der Waals surface area (Å²) < 4.78 is 26.9. The van der Waals surface area contributed by atoms with E-state index in [1.54, 1.807) is 16.4 Å². The first kappa shape index (κ1) is 15.0. The molecule has 1 N–H and O–H groups in total. The summed E-state index contributed by atoms with van der Waals surface area (Å²) in [6.07, 6.45) is 0.925. The molecule has 0 atom stereocenters. The number of hydrogen-bond acceptors (Lipinski definition) is 4. The average Bonchev–Trinajstić information content (AvgIpc) is 2.46. The molecule has 2 fully saturated rings. The molecule has 1 aromatic carbocycles. The minimum atomic E-state index is -3.33. The fourth-order valence-electron chi connectivity index (χ4n) is 2.89. The van der Waals surface area contributed by atoms with E-state index in [0.29, 0.717) is 24.0 Å². The molecule has 0 saturated carbocycles. The van der Waals surface area contributed by atoms with Crippen LogP contribution >= 0.6 is 0 Å². The van der Waals surface area contributed by atoms with Gasteiger partial charge in [-0.05, 0) is 24.1 Å². The smallest absolute Gasteiger partial charge is 0.243 e. The SMILES string of the molecule is CCc1ccc(S(=O)(=O)N2CCN(C3CNC3)CC2)cc1. The largest absolute Gasteiger partial charge is 0.314 e. The second-order valence-electron chi connectivity index (χ2n) is 5.75. The highest BCUT2D eigenvalue weighted by atomic mass is 32.2. The molecule has 2 aliphatic heterocycles. The molecule has 0 radical (unpaired) electrons. The third-order valence-electron chi connectivity index (χ3n) is 4.52. The van der Waals surface area contributed by atoms with Crippen LogP contribution in [0, 0.1) is 0 Å². The maximum Gasteiger partial charge on any atom is 0.243 e. The number of piperazine rings is 1. The molecule has 6 heteroatoms. The van der Waals surface area contributed by atoms with Gasteiger partial charge in [0.1, 0.15) is 0 Å². The molecule has 2 heterocycles. The van der Waals surface area contributed by atoms with E-state index in [9.17, 15) is 8.42 Å². The Kier molecular flexibility index (Phi) is 4.31. The fourth-order valence-corrected chi connectivity index (χ4v) is 4.31. The maximum atomic E-state index is 12.6. The van der Waals surface area contributed by atoms with E-state index in [-0.39, 0.29) is 0 Å². The third-order valence-corrected chi connectivity index (χ3v) is 6.43. The molecule has 2 saturated heterocycles. The Labute approximate surface area is 127 Å². The molecule has 2 aliphatic rings. The summed E-state index contributed by atoms with van der Waals surface area (Å²) in [5.41, 5.74) is 1.16. The first-order valence-corrected chi connectivity index (χ1v) is 9.09. The topological polar surface area (TPSA) is 52.7 Å². The van der Waals surface area contributed by atoms with Crippen LogP contribution in [0.15, 0.2) is 29.2 Å². The molecule has 0 aliphatic carbocycles. The molecule has 0 aromatic heterocycles. The molecule has 0 amide bonds. The number of sulfonamides is 1. The van der Waals surface area contributed by atoms with Crippen LogP contribution < -0.4 is 5.32 Å². The van der Waals surface area contributed by atoms with Gasteiger partial charge in [-0.3, -0.25) is 4.90 Å². The van der Waals surface area contributed by atoms with Gasteiger partial charge in [-0.25, -0.2) is 8.42 Å². The lowest BCUT2D eigenvalue weighted by atomic mass is 10.1. The van der Waals surface area contributed by atoms with Crippen molar-refractivity contribution in [3.8, 4) is 0 Å². The normalized spacial score (nSPS) is 22.1. The summed E-state index contributed by atoms with van der Waals surface area (Å²) >= 11 is 0. The van der Waals surface area contributed by atoms with E-state index in [2.05, 4.69) is 17.1 Å². The zero-order valence-electron chi connectivity index (χ0n) is 12.5. The predicted molar refractivity (Wildman–Crippen MR) is 82.8 cm³/mol. The monoisotopic (exact) mass is 309 g/mol. The molecule has 1 aromatic rings. The molecule has 0 spiro atoms. The van der Waals surface area contributed by atoms with Gasteiger partial charge in [0.25, 0.3) is 0 Å². The Morgan fingerprint density at radius 3 is 2.19 bits per heavy atom. The number of rotatable bonds is 4. The van der Waals surface area contributed by atoms with Gasteiger partial charge in [0, 0.05) is 45.3 Å². The van der Waals surface area contributed by atoms with Crippen LogP contribution in [-0.2, 0) is 16.4 Å². The van der Waals surface area contributed by atoms with Crippen LogP contribution in [0.5, 0.6) is 0 Å². The Hall–Kier alpha value is -0.950. The summed E-state index contributed by atoms with van der Waals surface area (Å²) in [4.78, 5) is 2.81. The van der Waals surface area contributed by atoms with Gasteiger partial charge in [0.05, 0.1) is 4.90 Å². The summed E-state index contributed by atoms with van der Waals surface area (Å²) in [5, 5.41) is 3.26. The van der Waals surface area contributed by atoms with Crippen molar-refractivity contribution in [2.24, 2.45) is 0 Å². The minimum absolute atomic E-state index is 0.415. The van der Waals surface area contributed by atoms with Gasteiger partial charge < -0.3 is 5.32 Å². The van der Waals surface area contributed by atoms with Crippen molar-refractivity contribution in [3.63, 3.8) is 0 Å². The zero-order valence-corrected chi connectivity index (χ0v) is 13.3. The van der Waals surface area contributed by atoms with Gasteiger partial charge in [-0.2, -0.15) is 4.31 Å². The maximum absolute atomic E-state index is 12.6. The summed E-state index contributed by atoms with van der Waals surface area (Å²) in [7, 11) is -3.33. The standard InChI is InChI=1S/C15H23N3O2S/c1-2-13-3-5-15(6-4-13)21(19,20)18-9-7-17(8-10-18)14-11-16-12-14/h3-6,14,16H,2,7-12H2,1H3. The predicted octanol–water partition coefficient (Wildman–Crippen LogP) is 0.527. The van der Waals surface area contributed by atoms with E-state index in [4.69, 9.17) is 0 Å². The van der Waals surface area contributed by atoms with Crippen LogP contribution in [0.4, 0.5) is 0 Å². The highest BCUT2D eigenvalue weighted by Crippen LogP contribution is 2.19. The number of hydrogen-bond donors (Lipinski definition) is 1. The Morgan fingerprint density at radius 1 is 1.10 bits per heavy atom. The van der Waals surface area contributed by atoms with Crippen molar-refractivity contribution >= 4 is 10.0 Å². The molecule has 5 nitrogen and oxygen atoms in total. The highest BCUT2D eigenvalue weighted by Gasteiger charge is 2.32. The summed E-state index contributed by atoms with van der Waals surface area (Å²) in [6.45, 7) is 6.98. The van der Waals surface area contributed by atoms with E-state index >= 15 is 0 Å². The van der Waals surface area contributed by atoms with Crippen LogP contribution in [0.2, 0.25) is 0 Å². The van der Waals surface area contributed by atoms with Gasteiger partial charge in [0.2, 0.25) is 10.0 Å². The van der Waals surface area contributed by atoms with Crippen molar-refractivity contribution in [3.05, 3.63) is 29.8 Å². The molecule has 3 rings (SSSR count). The second kappa shape index (κ2) is 6.04. The van der Waals surface area contributed by atoms with Crippen molar-refractivity contribution in [1.82, 2.24) is 14.5 Å². The molecule has 21 heavy (non-hydrogen) atoms. The lowest BCUT2D eigenvalue weighted by molar-refractivity contribution is 0.103. The molecule has 116 valence electrons. The Balaban J connectivity index is 1.67. The van der Waals surface area contributed by atoms with Crippen LogP contribution in [0.25, 0.3) is 0 Å². The van der Waals surface area contributed by atoms with E-state index in [1.165, 1.54) is 0 Å². The number of nitrogens with zero attached hydrogens (tertiary/aromatic N) is 2. The lowest BCUT2D eigenvalue weighted by Gasteiger charge is -2.42. The van der Waals surface area contributed by atoms with Crippen molar-refractivity contribution in [2.45, 2.75) is 24.3 Å². The highest BCUT2D eigenvalue weighted by molar-refractivity contribution is 7.89. The Bertz CT molecular complexity index is 573. The molecule has 0 bridgehead atoms. The van der Waals surface area contributed by atoms with Gasteiger partial charge in [-0.15, -0.1) is 0 Å². The zero-order chi connectivity index (χ0) is 14.9. The minimum Gasteiger partial charge on any atom is -0.314 e. The van der Waals surface area contributed by atoms with Gasteiger partial charge in [-0.1, -0.05) is 19.1 Å². The second-order valence-corrected chi connectivity index (χ2v) is 7.69. The van der Waals surface area contributed by atoms with Crippen LogP contribution in [0.3, 0.4) is 0 Å². The summed E-state index contributed by atoms with van der Waals surface area (Å²) in [6, 6.07) is 7.87. The van der Waals surface area contributed by atoms with E-state index in [1.807, 2.05) is 12.1 Å².